The number of amides is 1. The van der Waals surface area contributed by atoms with E-state index in [1.807, 2.05) is 12.1 Å². The average molecular weight is 446 g/mol. The lowest BCUT2D eigenvalue weighted by molar-refractivity contribution is 0.0953. The lowest BCUT2D eigenvalue weighted by atomic mass is 10.1. The van der Waals surface area contributed by atoms with Crippen molar-refractivity contribution in [2.45, 2.75) is 38.6 Å². The van der Waals surface area contributed by atoms with Gasteiger partial charge in [-0.15, -0.1) is 0 Å². The third-order valence-corrected chi connectivity index (χ3v) is 6.02. The maximum Gasteiger partial charge on any atom is 0.251 e. The van der Waals surface area contributed by atoms with Gasteiger partial charge in [0.25, 0.3) is 5.91 Å². The van der Waals surface area contributed by atoms with Gasteiger partial charge >= 0.3 is 0 Å². The van der Waals surface area contributed by atoms with E-state index in [0.717, 1.165) is 37.0 Å². The molecule has 4 nitrogen and oxygen atoms in total. The summed E-state index contributed by atoms with van der Waals surface area (Å²) in [5, 5.41) is 3.55. The van der Waals surface area contributed by atoms with Crippen LogP contribution in [0, 0.1) is 0 Å². The lowest BCUT2D eigenvalue weighted by Crippen LogP contribution is -2.24. The Bertz CT molecular complexity index is 1190. The Morgan fingerprint density at radius 2 is 1.75 bits per heavy atom. The molecule has 0 saturated heterocycles. The van der Waals surface area contributed by atoms with E-state index in [2.05, 4.69) is 59.3 Å². The van der Waals surface area contributed by atoms with Crippen molar-refractivity contribution in [3.05, 3.63) is 101 Å². The molecule has 1 atom stereocenters. The van der Waals surface area contributed by atoms with E-state index in [1.54, 1.807) is 24.3 Å². The second-order valence-corrected chi connectivity index (χ2v) is 8.49. The van der Waals surface area contributed by atoms with Gasteiger partial charge in [-0.25, -0.2) is 4.98 Å². The van der Waals surface area contributed by atoms with Crippen molar-refractivity contribution in [3.63, 3.8) is 0 Å². The summed E-state index contributed by atoms with van der Waals surface area (Å²) in [6, 6.07) is 26.2. The average Bonchev–Trinajstić information content (AvgIpc) is 3.19. The van der Waals surface area contributed by atoms with Gasteiger partial charge in [-0.1, -0.05) is 66.6 Å². The van der Waals surface area contributed by atoms with Crippen LogP contribution in [0.15, 0.2) is 78.9 Å². The molecule has 0 aliphatic carbocycles. The van der Waals surface area contributed by atoms with Gasteiger partial charge in [0.05, 0.1) is 17.1 Å². The molecule has 0 spiro atoms. The number of hydrogen-bond acceptors (Lipinski definition) is 2. The van der Waals surface area contributed by atoms with Crippen LogP contribution < -0.4 is 5.32 Å². The van der Waals surface area contributed by atoms with Crippen LogP contribution in [0.1, 0.15) is 54.0 Å². The molecular weight excluding hydrogens is 418 g/mol. The van der Waals surface area contributed by atoms with Crippen molar-refractivity contribution < 1.29 is 4.79 Å². The van der Waals surface area contributed by atoms with Crippen molar-refractivity contribution in [1.82, 2.24) is 14.9 Å². The Labute approximate surface area is 194 Å². The number of imidazole rings is 1. The maximum atomic E-state index is 12.2. The first-order chi connectivity index (χ1) is 15.6. The number of para-hydroxylation sites is 2. The van der Waals surface area contributed by atoms with E-state index in [-0.39, 0.29) is 11.9 Å². The monoisotopic (exact) mass is 445 g/mol. The van der Waals surface area contributed by atoms with Crippen LogP contribution in [-0.2, 0) is 6.42 Å². The molecule has 32 heavy (non-hydrogen) atoms. The molecular formula is C27H28ClN3O. The van der Waals surface area contributed by atoms with Crippen LogP contribution in [0.4, 0.5) is 0 Å². The van der Waals surface area contributed by atoms with Crippen LogP contribution in [-0.4, -0.2) is 22.0 Å². The molecule has 1 amide bonds. The molecule has 4 rings (SSSR count). The second-order valence-electron chi connectivity index (χ2n) is 8.05. The SMILES string of the molecule is CC(c1ccccc1)n1c(CCCCCNC(=O)c2cccc(Cl)c2)nc2ccccc21. The number of carbonyl (C=O) groups excluding carboxylic acids is 1. The van der Waals surface area contributed by atoms with Gasteiger partial charge in [-0.05, 0) is 55.7 Å². The summed E-state index contributed by atoms with van der Waals surface area (Å²) in [5.74, 6) is 1.04. The zero-order chi connectivity index (χ0) is 22.3. The fraction of sp³-hybridized carbons (Fsp3) is 0.259. The van der Waals surface area contributed by atoms with Gasteiger partial charge in [-0.3, -0.25) is 4.79 Å². The zero-order valence-corrected chi connectivity index (χ0v) is 19.1. The summed E-state index contributed by atoms with van der Waals surface area (Å²) in [4.78, 5) is 17.2. The van der Waals surface area contributed by atoms with Crippen LogP contribution >= 0.6 is 11.6 Å². The largest absolute Gasteiger partial charge is 0.352 e. The highest BCUT2D eigenvalue weighted by atomic mass is 35.5. The second kappa shape index (κ2) is 10.5. The topological polar surface area (TPSA) is 46.9 Å². The molecule has 5 heteroatoms. The smallest absolute Gasteiger partial charge is 0.251 e. The Kier molecular flexibility index (Phi) is 7.23. The number of aryl methyl sites for hydroxylation is 1. The summed E-state index contributed by atoms with van der Waals surface area (Å²) < 4.78 is 2.37. The van der Waals surface area contributed by atoms with E-state index in [0.29, 0.717) is 17.1 Å². The fourth-order valence-electron chi connectivity index (χ4n) is 4.10. The Morgan fingerprint density at radius 1 is 0.969 bits per heavy atom. The molecule has 1 heterocycles. The first-order valence-electron chi connectivity index (χ1n) is 11.2. The van der Waals surface area contributed by atoms with Crippen LogP contribution in [0.25, 0.3) is 11.0 Å². The summed E-state index contributed by atoms with van der Waals surface area (Å²) in [5.41, 5.74) is 4.09. The predicted octanol–water partition coefficient (Wildman–Crippen LogP) is 6.44. The fourth-order valence-corrected chi connectivity index (χ4v) is 4.29. The molecule has 0 aliphatic rings. The lowest BCUT2D eigenvalue weighted by Gasteiger charge is -2.18. The normalized spacial score (nSPS) is 12.1. The molecule has 164 valence electrons. The minimum atomic E-state index is -0.0778. The highest BCUT2D eigenvalue weighted by Crippen LogP contribution is 2.27. The Balaban J connectivity index is 1.35. The predicted molar refractivity (Wildman–Crippen MR) is 131 cm³/mol. The third kappa shape index (κ3) is 5.20. The van der Waals surface area contributed by atoms with Gasteiger partial charge < -0.3 is 9.88 Å². The quantitative estimate of drug-likeness (QED) is 0.301. The highest BCUT2D eigenvalue weighted by molar-refractivity contribution is 6.30. The molecule has 0 fully saturated rings. The van der Waals surface area contributed by atoms with E-state index in [9.17, 15) is 4.79 Å². The van der Waals surface area contributed by atoms with Crippen LogP contribution in [0.2, 0.25) is 5.02 Å². The van der Waals surface area contributed by atoms with E-state index in [1.165, 1.54) is 11.1 Å². The number of nitrogens with zero attached hydrogens (tertiary/aromatic N) is 2. The zero-order valence-electron chi connectivity index (χ0n) is 18.3. The molecule has 1 unspecified atom stereocenters. The van der Waals surface area contributed by atoms with Gasteiger partial charge in [0.2, 0.25) is 0 Å². The van der Waals surface area contributed by atoms with Gasteiger partial charge in [0.15, 0.2) is 0 Å². The van der Waals surface area contributed by atoms with Gasteiger partial charge in [-0.2, -0.15) is 0 Å². The Morgan fingerprint density at radius 3 is 2.56 bits per heavy atom. The van der Waals surface area contributed by atoms with E-state index < -0.39 is 0 Å². The van der Waals surface area contributed by atoms with Crippen molar-refractivity contribution in [2.75, 3.05) is 6.54 Å². The number of carbonyl (C=O) groups is 1. The van der Waals surface area contributed by atoms with Crippen molar-refractivity contribution in [1.29, 1.82) is 0 Å². The summed E-state index contributed by atoms with van der Waals surface area (Å²) in [7, 11) is 0. The van der Waals surface area contributed by atoms with Crippen LogP contribution in [0.3, 0.4) is 0 Å². The third-order valence-electron chi connectivity index (χ3n) is 5.79. The molecule has 1 N–H and O–H groups in total. The number of fused-ring (bicyclic) bond motifs is 1. The van der Waals surface area contributed by atoms with E-state index >= 15 is 0 Å². The van der Waals surface area contributed by atoms with Crippen molar-refractivity contribution in [3.8, 4) is 0 Å². The molecule has 4 aromatic rings. The minimum absolute atomic E-state index is 0.0778. The van der Waals surface area contributed by atoms with Crippen molar-refractivity contribution >= 4 is 28.5 Å². The summed E-state index contributed by atoms with van der Waals surface area (Å²) in [6.45, 7) is 2.89. The first kappa shape index (κ1) is 22.1. The number of nitrogens with one attached hydrogen (secondary N) is 1. The number of halogens is 1. The molecule has 0 bridgehead atoms. The molecule has 3 aromatic carbocycles. The van der Waals surface area contributed by atoms with E-state index in [4.69, 9.17) is 16.6 Å². The number of benzene rings is 3. The standard InChI is InChI=1S/C27H28ClN3O/c1-20(21-11-4-2-5-12-21)31-25-16-8-7-15-24(25)30-26(31)17-6-3-9-18-29-27(32)22-13-10-14-23(28)19-22/h2,4-5,7-8,10-16,19-20H,3,6,9,17-18H2,1H3,(H,29,32). The number of unbranched alkanes of at least 4 members (excludes halogenated alkanes) is 2. The number of hydrogen-bond donors (Lipinski definition) is 1. The molecule has 0 saturated carbocycles. The molecule has 0 radical (unpaired) electrons. The number of aromatic nitrogens is 2. The Hall–Kier alpha value is -3.11. The maximum absolute atomic E-state index is 12.2. The highest BCUT2D eigenvalue weighted by Gasteiger charge is 2.16. The van der Waals surface area contributed by atoms with Crippen molar-refractivity contribution in [2.24, 2.45) is 0 Å². The summed E-state index contributed by atoms with van der Waals surface area (Å²) in [6.07, 6.45) is 3.89. The number of rotatable bonds is 9. The molecule has 0 aliphatic heterocycles. The van der Waals surface area contributed by atoms with Gasteiger partial charge in [0, 0.05) is 23.6 Å². The summed E-state index contributed by atoms with van der Waals surface area (Å²) >= 11 is 5.97. The molecule has 1 aromatic heterocycles. The van der Waals surface area contributed by atoms with Crippen LogP contribution in [0.5, 0.6) is 0 Å². The minimum Gasteiger partial charge on any atom is -0.352 e. The van der Waals surface area contributed by atoms with Gasteiger partial charge in [0.1, 0.15) is 5.82 Å². The first-order valence-corrected chi connectivity index (χ1v) is 11.6.